The van der Waals surface area contributed by atoms with Crippen molar-refractivity contribution in [2.45, 2.75) is 136 Å². The van der Waals surface area contributed by atoms with Crippen LogP contribution in [-0.2, 0) is 9.53 Å². The molecule has 0 amide bonds. The summed E-state index contributed by atoms with van der Waals surface area (Å²) in [6.45, 7) is 7.20. The Morgan fingerprint density at radius 1 is 0.643 bits per heavy atom. The molecule has 0 bridgehead atoms. The molecule has 0 saturated carbocycles. The van der Waals surface area contributed by atoms with Crippen molar-refractivity contribution in [3.05, 3.63) is 12.2 Å². The molecule has 0 aromatic heterocycles. The van der Waals surface area contributed by atoms with Gasteiger partial charge in [0.05, 0.1) is 12.5 Å². The van der Waals surface area contributed by atoms with Gasteiger partial charge in [0.2, 0.25) is 0 Å². The standard InChI is InChI=1S/C26H50O2/c1-4-7-10-11-12-13-14-15-16-17-18-19-20-21-23-25(22-8-5-2)26(27)28-24-9-6-3/h15-16,25H,4-14,17-24H2,1-3H3. The van der Waals surface area contributed by atoms with E-state index < -0.39 is 0 Å². The van der Waals surface area contributed by atoms with Crippen LogP contribution in [0.3, 0.4) is 0 Å². The van der Waals surface area contributed by atoms with Crippen LogP contribution in [0.1, 0.15) is 136 Å². The normalized spacial score (nSPS) is 12.5. The van der Waals surface area contributed by atoms with Crippen molar-refractivity contribution in [2.24, 2.45) is 5.92 Å². The van der Waals surface area contributed by atoms with Crippen LogP contribution in [0.15, 0.2) is 12.2 Å². The maximum Gasteiger partial charge on any atom is 0.308 e. The molecule has 0 fully saturated rings. The van der Waals surface area contributed by atoms with E-state index in [0.29, 0.717) is 6.61 Å². The average Bonchev–Trinajstić information content (AvgIpc) is 2.70. The summed E-state index contributed by atoms with van der Waals surface area (Å²) >= 11 is 0. The monoisotopic (exact) mass is 394 g/mol. The molecule has 0 aliphatic rings. The van der Waals surface area contributed by atoms with Gasteiger partial charge in [0.15, 0.2) is 0 Å². The molecule has 2 heteroatoms. The fourth-order valence-electron chi connectivity index (χ4n) is 3.55. The van der Waals surface area contributed by atoms with Gasteiger partial charge in [-0.25, -0.2) is 0 Å². The number of hydrogen-bond acceptors (Lipinski definition) is 2. The Hall–Kier alpha value is -0.790. The lowest BCUT2D eigenvalue weighted by Gasteiger charge is -2.15. The number of carbonyl (C=O) groups excluding carboxylic acids is 1. The Bertz CT molecular complexity index is 348. The number of esters is 1. The van der Waals surface area contributed by atoms with E-state index in [1.54, 1.807) is 0 Å². The van der Waals surface area contributed by atoms with Crippen LogP contribution in [-0.4, -0.2) is 12.6 Å². The molecule has 0 N–H and O–H groups in total. The number of rotatable bonds is 21. The molecule has 0 radical (unpaired) electrons. The smallest absolute Gasteiger partial charge is 0.308 e. The fraction of sp³-hybridized carbons (Fsp3) is 0.885. The highest BCUT2D eigenvalue weighted by Gasteiger charge is 2.18. The van der Waals surface area contributed by atoms with Crippen LogP contribution in [0, 0.1) is 5.92 Å². The molecule has 0 saturated heterocycles. The molecular weight excluding hydrogens is 344 g/mol. The third-order valence-electron chi connectivity index (χ3n) is 5.55. The van der Waals surface area contributed by atoms with Gasteiger partial charge in [-0.15, -0.1) is 0 Å². The maximum atomic E-state index is 12.3. The number of hydrogen-bond donors (Lipinski definition) is 0. The van der Waals surface area contributed by atoms with Crippen LogP contribution in [0.5, 0.6) is 0 Å². The van der Waals surface area contributed by atoms with Crippen molar-refractivity contribution in [1.29, 1.82) is 0 Å². The van der Waals surface area contributed by atoms with E-state index in [4.69, 9.17) is 4.74 Å². The first-order chi connectivity index (χ1) is 13.8. The highest BCUT2D eigenvalue weighted by atomic mass is 16.5. The van der Waals surface area contributed by atoms with Gasteiger partial charge in [0.25, 0.3) is 0 Å². The topological polar surface area (TPSA) is 26.3 Å². The maximum absolute atomic E-state index is 12.3. The lowest BCUT2D eigenvalue weighted by atomic mass is 9.95. The lowest BCUT2D eigenvalue weighted by Crippen LogP contribution is -2.18. The van der Waals surface area contributed by atoms with Gasteiger partial charge in [-0.1, -0.05) is 104 Å². The molecule has 1 unspecified atom stereocenters. The van der Waals surface area contributed by atoms with Gasteiger partial charge >= 0.3 is 5.97 Å². The SMILES string of the molecule is CCCCCCCCC=CCCCCCCC(CCCC)C(=O)OCCCC. The molecule has 0 aromatic carbocycles. The number of unbranched alkanes of at least 4 members (excludes halogenated alkanes) is 12. The summed E-state index contributed by atoms with van der Waals surface area (Å²) in [4.78, 5) is 12.3. The summed E-state index contributed by atoms with van der Waals surface area (Å²) < 4.78 is 5.46. The second-order valence-electron chi connectivity index (χ2n) is 8.38. The van der Waals surface area contributed by atoms with Gasteiger partial charge in [-0.2, -0.15) is 0 Å². The van der Waals surface area contributed by atoms with E-state index in [-0.39, 0.29) is 11.9 Å². The van der Waals surface area contributed by atoms with Crippen molar-refractivity contribution in [1.82, 2.24) is 0 Å². The van der Waals surface area contributed by atoms with E-state index in [1.807, 2.05) is 0 Å². The minimum atomic E-state index is 0.0551. The summed E-state index contributed by atoms with van der Waals surface area (Å²) in [6, 6.07) is 0. The molecule has 0 aliphatic carbocycles. The Morgan fingerprint density at radius 3 is 1.75 bits per heavy atom. The van der Waals surface area contributed by atoms with Crippen LogP contribution < -0.4 is 0 Å². The zero-order valence-electron chi connectivity index (χ0n) is 19.5. The van der Waals surface area contributed by atoms with Crippen molar-refractivity contribution >= 4 is 5.97 Å². The summed E-state index contributed by atoms with van der Waals surface area (Å²) in [6.07, 6.45) is 26.9. The Kier molecular flexibility index (Phi) is 21.9. The number of carbonyl (C=O) groups is 1. The van der Waals surface area contributed by atoms with Crippen LogP contribution >= 0.6 is 0 Å². The molecule has 0 heterocycles. The molecule has 0 rings (SSSR count). The minimum Gasteiger partial charge on any atom is -0.465 e. The molecule has 2 nitrogen and oxygen atoms in total. The zero-order valence-corrected chi connectivity index (χ0v) is 19.5. The summed E-state index contributed by atoms with van der Waals surface area (Å²) in [5, 5.41) is 0. The highest BCUT2D eigenvalue weighted by Crippen LogP contribution is 2.19. The third kappa shape index (κ3) is 18.6. The van der Waals surface area contributed by atoms with Crippen LogP contribution in [0.25, 0.3) is 0 Å². The Balaban J connectivity index is 3.64. The van der Waals surface area contributed by atoms with E-state index in [2.05, 4.69) is 32.9 Å². The van der Waals surface area contributed by atoms with E-state index in [1.165, 1.54) is 77.0 Å². The van der Waals surface area contributed by atoms with Crippen molar-refractivity contribution in [2.75, 3.05) is 6.61 Å². The molecule has 0 aliphatic heterocycles. The number of ether oxygens (including phenoxy) is 1. The van der Waals surface area contributed by atoms with Gasteiger partial charge < -0.3 is 4.74 Å². The molecular formula is C26H50O2. The second kappa shape index (κ2) is 22.5. The first-order valence-electron chi connectivity index (χ1n) is 12.6. The van der Waals surface area contributed by atoms with Gasteiger partial charge in [0.1, 0.15) is 0 Å². The first-order valence-corrected chi connectivity index (χ1v) is 12.6. The van der Waals surface area contributed by atoms with E-state index in [9.17, 15) is 4.79 Å². The second-order valence-corrected chi connectivity index (χ2v) is 8.38. The lowest BCUT2D eigenvalue weighted by molar-refractivity contribution is -0.149. The molecule has 166 valence electrons. The quantitative estimate of drug-likeness (QED) is 0.110. The Labute approximate surface area is 176 Å². The van der Waals surface area contributed by atoms with Gasteiger partial charge in [-0.3, -0.25) is 4.79 Å². The van der Waals surface area contributed by atoms with E-state index in [0.717, 1.165) is 38.5 Å². The summed E-state index contributed by atoms with van der Waals surface area (Å²) in [5.41, 5.74) is 0. The number of allylic oxidation sites excluding steroid dienone is 2. The van der Waals surface area contributed by atoms with Crippen molar-refractivity contribution in [3.8, 4) is 0 Å². The predicted molar refractivity (Wildman–Crippen MR) is 124 cm³/mol. The Morgan fingerprint density at radius 2 is 1.14 bits per heavy atom. The fourth-order valence-corrected chi connectivity index (χ4v) is 3.55. The van der Waals surface area contributed by atoms with Crippen molar-refractivity contribution < 1.29 is 9.53 Å². The van der Waals surface area contributed by atoms with Gasteiger partial charge in [0, 0.05) is 0 Å². The average molecular weight is 395 g/mol. The summed E-state index contributed by atoms with van der Waals surface area (Å²) in [7, 11) is 0. The molecule has 1 atom stereocenters. The summed E-state index contributed by atoms with van der Waals surface area (Å²) in [5.74, 6) is 0.188. The minimum absolute atomic E-state index is 0.0551. The molecule has 0 aromatic rings. The predicted octanol–water partition coefficient (Wildman–Crippen LogP) is 8.78. The van der Waals surface area contributed by atoms with Crippen LogP contribution in [0.2, 0.25) is 0 Å². The van der Waals surface area contributed by atoms with E-state index >= 15 is 0 Å². The van der Waals surface area contributed by atoms with Crippen LogP contribution in [0.4, 0.5) is 0 Å². The molecule has 28 heavy (non-hydrogen) atoms. The van der Waals surface area contributed by atoms with Crippen molar-refractivity contribution in [3.63, 3.8) is 0 Å². The van der Waals surface area contributed by atoms with Gasteiger partial charge in [-0.05, 0) is 44.9 Å². The molecule has 0 spiro atoms. The zero-order chi connectivity index (χ0) is 20.7. The third-order valence-corrected chi connectivity index (χ3v) is 5.55. The first kappa shape index (κ1) is 27.2. The largest absolute Gasteiger partial charge is 0.465 e. The highest BCUT2D eigenvalue weighted by molar-refractivity contribution is 5.72.